The van der Waals surface area contributed by atoms with Crippen molar-refractivity contribution >= 4 is 5.69 Å². The van der Waals surface area contributed by atoms with Gasteiger partial charge in [-0.25, -0.2) is 0 Å². The molecular formula is C10H13N4O4+. The average Bonchev–Trinajstić information content (AvgIpc) is 2.67. The fraction of sp³-hybridized carbons (Fsp3) is 0.500. The van der Waals surface area contributed by atoms with Gasteiger partial charge in [0.05, 0.1) is 6.61 Å². The first-order valence-corrected chi connectivity index (χ1v) is 5.35. The normalized spacial score (nSPS) is 31.1. The molecule has 0 bridgehead atoms. The van der Waals surface area contributed by atoms with E-state index in [2.05, 4.69) is 10.0 Å². The SMILES string of the molecule is [N-]=[N+]=Nc1ccc[n+](C2O[C@H](CO)[C@@H](O)[C@H]2O)c1. The summed E-state index contributed by atoms with van der Waals surface area (Å²) in [6.45, 7) is -0.384. The molecule has 1 aromatic rings. The van der Waals surface area contributed by atoms with Crippen molar-refractivity contribution in [2.75, 3.05) is 6.61 Å². The summed E-state index contributed by atoms with van der Waals surface area (Å²) >= 11 is 0. The van der Waals surface area contributed by atoms with Gasteiger partial charge in [0, 0.05) is 11.0 Å². The highest BCUT2D eigenvalue weighted by Crippen LogP contribution is 2.25. The number of pyridine rings is 1. The first-order chi connectivity index (χ1) is 8.67. The van der Waals surface area contributed by atoms with Crippen molar-refractivity contribution in [1.29, 1.82) is 0 Å². The van der Waals surface area contributed by atoms with Crippen LogP contribution in [0, 0.1) is 0 Å². The van der Waals surface area contributed by atoms with Crippen LogP contribution in [-0.4, -0.2) is 40.2 Å². The second kappa shape index (κ2) is 5.30. The van der Waals surface area contributed by atoms with Crippen molar-refractivity contribution < 1.29 is 24.6 Å². The Morgan fingerprint density at radius 3 is 2.83 bits per heavy atom. The minimum absolute atomic E-state index is 0.359. The lowest BCUT2D eigenvalue weighted by molar-refractivity contribution is -0.765. The highest BCUT2D eigenvalue weighted by atomic mass is 16.6. The first kappa shape index (κ1) is 12.7. The number of hydrogen-bond acceptors (Lipinski definition) is 5. The lowest BCUT2D eigenvalue weighted by Gasteiger charge is -2.09. The maximum Gasteiger partial charge on any atom is 0.292 e. The van der Waals surface area contributed by atoms with E-state index in [0.29, 0.717) is 5.69 Å². The molecule has 0 aliphatic carbocycles. The summed E-state index contributed by atoms with van der Waals surface area (Å²) < 4.78 is 6.81. The molecule has 0 spiro atoms. The molecule has 0 radical (unpaired) electrons. The lowest BCUT2D eigenvalue weighted by atomic mass is 10.1. The molecular weight excluding hydrogens is 240 g/mol. The Morgan fingerprint density at radius 2 is 2.22 bits per heavy atom. The third kappa shape index (κ3) is 2.28. The van der Waals surface area contributed by atoms with Crippen LogP contribution >= 0.6 is 0 Å². The first-order valence-electron chi connectivity index (χ1n) is 5.35. The largest absolute Gasteiger partial charge is 0.394 e. The van der Waals surface area contributed by atoms with E-state index in [-0.39, 0.29) is 6.61 Å². The lowest BCUT2D eigenvalue weighted by Crippen LogP contribution is -2.45. The van der Waals surface area contributed by atoms with Gasteiger partial charge in [-0.2, -0.15) is 4.57 Å². The van der Waals surface area contributed by atoms with Gasteiger partial charge in [0.1, 0.15) is 17.9 Å². The Balaban J connectivity index is 2.26. The van der Waals surface area contributed by atoms with Crippen LogP contribution in [0.15, 0.2) is 29.6 Å². The highest BCUT2D eigenvalue weighted by Gasteiger charge is 2.47. The summed E-state index contributed by atoms with van der Waals surface area (Å²) in [5.41, 5.74) is 8.70. The van der Waals surface area contributed by atoms with Crippen molar-refractivity contribution in [2.24, 2.45) is 5.11 Å². The molecule has 2 heterocycles. The van der Waals surface area contributed by atoms with Crippen LogP contribution in [0.3, 0.4) is 0 Å². The van der Waals surface area contributed by atoms with Crippen LogP contribution in [0.1, 0.15) is 6.23 Å². The molecule has 1 fully saturated rings. The van der Waals surface area contributed by atoms with Crippen molar-refractivity contribution in [3.63, 3.8) is 0 Å². The van der Waals surface area contributed by atoms with E-state index < -0.39 is 24.5 Å². The van der Waals surface area contributed by atoms with E-state index in [1.54, 1.807) is 18.3 Å². The number of nitrogens with zero attached hydrogens (tertiary/aromatic N) is 4. The number of ether oxygens (including phenoxy) is 1. The van der Waals surface area contributed by atoms with Crippen molar-refractivity contribution in [2.45, 2.75) is 24.5 Å². The molecule has 1 unspecified atom stereocenters. The monoisotopic (exact) mass is 253 g/mol. The van der Waals surface area contributed by atoms with E-state index in [9.17, 15) is 10.2 Å². The van der Waals surface area contributed by atoms with E-state index in [4.69, 9.17) is 15.4 Å². The van der Waals surface area contributed by atoms with Crippen molar-refractivity contribution in [3.8, 4) is 0 Å². The zero-order chi connectivity index (χ0) is 13.1. The van der Waals surface area contributed by atoms with E-state index in [1.165, 1.54) is 10.8 Å². The molecule has 0 saturated carbocycles. The molecule has 2 rings (SSSR count). The molecule has 3 N–H and O–H groups in total. The third-order valence-electron chi connectivity index (χ3n) is 2.78. The summed E-state index contributed by atoms with van der Waals surface area (Å²) in [7, 11) is 0. The maximum absolute atomic E-state index is 9.82. The minimum Gasteiger partial charge on any atom is -0.394 e. The summed E-state index contributed by atoms with van der Waals surface area (Å²) in [5, 5.41) is 31.9. The van der Waals surface area contributed by atoms with Crippen LogP contribution in [0.4, 0.5) is 5.69 Å². The Morgan fingerprint density at radius 1 is 1.44 bits per heavy atom. The number of azide groups is 1. The Hall–Kier alpha value is -1.70. The standard InChI is InChI=1S/C10H13N4O4/c11-13-12-6-2-1-3-14(4-6)10-9(17)8(16)7(5-15)18-10/h1-4,7-10,15-17H,5H2/q+1/t7-,8-,9-,10?/m1/s1. The second-order valence-corrected chi connectivity index (χ2v) is 3.93. The van der Waals surface area contributed by atoms with Gasteiger partial charge in [-0.1, -0.05) is 5.11 Å². The number of aromatic nitrogens is 1. The van der Waals surface area contributed by atoms with Gasteiger partial charge >= 0.3 is 0 Å². The van der Waals surface area contributed by atoms with Crippen LogP contribution in [0.5, 0.6) is 0 Å². The van der Waals surface area contributed by atoms with Gasteiger partial charge in [-0.05, 0) is 11.6 Å². The van der Waals surface area contributed by atoms with Gasteiger partial charge in [0.15, 0.2) is 18.5 Å². The second-order valence-electron chi connectivity index (χ2n) is 3.93. The Labute approximate surface area is 102 Å². The molecule has 1 aliphatic rings. The minimum atomic E-state index is -1.16. The number of rotatable bonds is 3. The van der Waals surface area contributed by atoms with Crippen LogP contribution < -0.4 is 4.57 Å². The molecule has 1 aromatic heterocycles. The summed E-state index contributed by atoms with van der Waals surface area (Å²) in [5.74, 6) is 0. The predicted octanol–water partition coefficient (Wildman–Crippen LogP) is -0.473. The van der Waals surface area contributed by atoms with E-state index in [1.807, 2.05) is 0 Å². The maximum atomic E-state index is 9.82. The Bertz CT molecular complexity index is 477. The van der Waals surface area contributed by atoms with Gasteiger partial charge in [0.25, 0.3) is 6.23 Å². The van der Waals surface area contributed by atoms with E-state index >= 15 is 0 Å². The van der Waals surface area contributed by atoms with Crippen LogP contribution in [-0.2, 0) is 4.74 Å². The summed E-state index contributed by atoms with van der Waals surface area (Å²) in [6.07, 6.45) is -0.882. The summed E-state index contributed by atoms with van der Waals surface area (Å²) in [4.78, 5) is 2.66. The zero-order valence-corrected chi connectivity index (χ0v) is 9.36. The quantitative estimate of drug-likeness (QED) is 0.291. The van der Waals surface area contributed by atoms with Crippen molar-refractivity contribution in [1.82, 2.24) is 0 Å². The molecule has 18 heavy (non-hydrogen) atoms. The van der Waals surface area contributed by atoms with Gasteiger partial charge in [0.2, 0.25) is 0 Å². The topological polar surface area (TPSA) is 123 Å². The fourth-order valence-electron chi connectivity index (χ4n) is 1.88. The molecule has 0 amide bonds. The molecule has 1 saturated heterocycles. The average molecular weight is 253 g/mol. The smallest absolute Gasteiger partial charge is 0.292 e. The number of aliphatic hydroxyl groups excluding tert-OH is 3. The molecule has 8 heteroatoms. The summed E-state index contributed by atoms with van der Waals surface area (Å²) in [6, 6.07) is 3.22. The number of aliphatic hydroxyl groups is 3. The Kier molecular flexibility index (Phi) is 3.75. The molecule has 4 atom stereocenters. The molecule has 8 nitrogen and oxygen atoms in total. The molecule has 0 aromatic carbocycles. The third-order valence-corrected chi connectivity index (χ3v) is 2.78. The number of hydrogen-bond donors (Lipinski definition) is 3. The van der Waals surface area contributed by atoms with Gasteiger partial charge in [-0.3, -0.25) is 0 Å². The van der Waals surface area contributed by atoms with E-state index in [0.717, 1.165) is 0 Å². The van der Waals surface area contributed by atoms with Crippen LogP contribution in [0.2, 0.25) is 0 Å². The zero-order valence-electron chi connectivity index (χ0n) is 9.36. The molecule has 96 valence electrons. The van der Waals surface area contributed by atoms with Gasteiger partial charge in [-0.15, -0.1) is 0 Å². The van der Waals surface area contributed by atoms with Crippen LogP contribution in [0.25, 0.3) is 10.4 Å². The highest BCUT2D eigenvalue weighted by molar-refractivity contribution is 5.29. The fourth-order valence-corrected chi connectivity index (χ4v) is 1.88. The molecule has 1 aliphatic heterocycles. The van der Waals surface area contributed by atoms with Crippen molar-refractivity contribution in [3.05, 3.63) is 35.0 Å². The van der Waals surface area contributed by atoms with Gasteiger partial charge < -0.3 is 20.1 Å². The predicted molar refractivity (Wildman–Crippen MR) is 58.5 cm³/mol.